The molecule has 4 rings (SSSR count). The highest BCUT2D eigenvalue weighted by Gasteiger charge is 2.28. The molecule has 0 atom stereocenters. The molecule has 1 aliphatic carbocycles. The number of carbonyl (C=O) groups excluding carboxylic acids is 1. The molecule has 0 bridgehead atoms. The molecule has 1 aliphatic rings. The van der Waals surface area contributed by atoms with Crippen LogP contribution in [0, 0.1) is 13.8 Å². The summed E-state index contributed by atoms with van der Waals surface area (Å²) in [5.74, 6) is 0.279. The lowest BCUT2D eigenvalue weighted by atomic mass is 10.2. The molecule has 26 heavy (non-hydrogen) atoms. The Morgan fingerprint density at radius 1 is 1.31 bits per heavy atom. The minimum absolute atomic E-state index is 0.0522. The van der Waals surface area contributed by atoms with Crippen molar-refractivity contribution in [2.24, 2.45) is 0 Å². The summed E-state index contributed by atoms with van der Waals surface area (Å²) in [6.07, 6.45) is 2.34. The van der Waals surface area contributed by atoms with Gasteiger partial charge in [-0.15, -0.1) is 10.2 Å². The smallest absolute Gasteiger partial charge is 0.340 e. The van der Waals surface area contributed by atoms with E-state index in [2.05, 4.69) is 30.7 Å². The predicted molar refractivity (Wildman–Crippen MR) is 98.7 cm³/mol. The first-order chi connectivity index (χ1) is 12.5. The highest BCUT2D eigenvalue weighted by atomic mass is 79.9. The van der Waals surface area contributed by atoms with Gasteiger partial charge in [0.15, 0.2) is 6.61 Å². The van der Waals surface area contributed by atoms with Gasteiger partial charge in [0.1, 0.15) is 0 Å². The van der Waals surface area contributed by atoms with Crippen LogP contribution < -0.4 is 0 Å². The van der Waals surface area contributed by atoms with E-state index in [0.717, 1.165) is 21.4 Å². The zero-order valence-electron chi connectivity index (χ0n) is 14.5. The van der Waals surface area contributed by atoms with Crippen molar-refractivity contribution < 1.29 is 13.9 Å². The maximum absolute atomic E-state index is 12.4. The summed E-state index contributed by atoms with van der Waals surface area (Å²) in [6, 6.07) is 9.98. The van der Waals surface area contributed by atoms with E-state index in [4.69, 9.17) is 9.15 Å². The van der Waals surface area contributed by atoms with Crippen molar-refractivity contribution in [2.75, 3.05) is 0 Å². The van der Waals surface area contributed by atoms with Crippen molar-refractivity contribution in [3.8, 4) is 11.5 Å². The normalized spacial score (nSPS) is 13.8. The van der Waals surface area contributed by atoms with Gasteiger partial charge in [0.25, 0.3) is 5.89 Å². The summed E-state index contributed by atoms with van der Waals surface area (Å²) in [5.41, 5.74) is 3.44. The van der Waals surface area contributed by atoms with Gasteiger partial charge in [-0.1, -0.05) is 12.1 Å². The summed E-state index contributed by atoms with van der Waals surface area (Å²) in [7, 11) is 0. The summed E-state index contributed by atoms with van der Waals surface area (Å²) < 4.78 is 14.1. The van der Waals surface area contributed by atoms with Crippen LogP contribution in [-0.2, 0) is 11.3 Å². The molecule has 0 amide bonds. The first kappa shape index (κ1) is 17.0. The first-order valence-electron chi connectivity index (χ1n) is 8.47. The van der Waals surface area contributed by atoms with E-state index in [9.17, 15) is 4.79 Å². The Morgan fingerprint density at radius 3 is 2.81 bits per heavy atom. The lowest BCUT2D eigenvalue weighted by Gasteiger charge is -2.07. The van der Waals surface area contributed by atoms with E-state index < -0.39 is 0 Å². The monoisotopic (exact) mass is 415 g/mol. The largest absolute Gasteiger partial charge is 0.452 e. The Morgan fingerprint density at radius 2 is 2.08 bits per heavy atom. The van der Waals surface area contributed by atoms with Crippen LogP contribution in [0.25, 0.3) is 11.5 Å². The predicted octanol–water partition coefficient (Wildman–Crippen LogP) is 4.61. The number of halogens is 1. The van der Waals surface area contributed by atoms with E-state index in [1.54, 1.807) is 0 Å². The van der Waals surface area contributed by atoms with Gasteiger partial charge in [0.05, 0.1) is 11.1 Å². The fourth-order valence-electron chi connectivity index (χ4n) is 3.14. The summed E-state index contributed by atoms with van der Waals surface area (Å²) in [6.45, 7) is 3.92. The average Bonchev–Trinajstić information content (AvgIpc) is 3.26. The molecule has 0 N–H and O–H groups in total. The molecule has 1 aromatic carbocycles. The SMILES string of the molecule is Cc1cc(C(=O)OCc2nnc(-c3ccccc3Br)o2)c(C)n1C1CC1. The number of nitrogens with zero attached hydrogens (tertiary/aromatic N) is 3. The number of esters is 1. The molecule has 1 fully saturated rings. The minimum atomic E-state index is -0.370. The number of carbonyl (C=O) groups is 1. The number of benzene rings is 1. The lowest BCUT2D eigenvalue weighted by molar-refractivity contribution is 0.0437. The number of ether oxygens (including phenoxy) is 1. The molecule has 0 saturated heterocycles. The molecule has 0 unspecified atom stereocenters. The second-order valence-electron chi connectivity index (χ2n) is 6.44. The summed E-state index contributed by atoms with van der Waals surface area (Å²) in [4.78, 5) is 12.4. The molecule has 0 radical (unpaired) electrons. The topological polar surface area (TPSA) is 70.2 Å². The third kappa shape index (κ3) is 3.19. The van der Waals surface area contributed by atoms with E-state index >= 15 is 0 Å². The molecule has 0 aliphatic heterocycles. The van der Waals surface area contributed by atoms with E-state index in [-0.39, 0.29) is 18.5 Å². The van der Waals surface area contributed by atoms with Crippen molar-refractivity contribution in [3.05, 3.63) is 57.6 Å². The zero-order valence-corrected chi connectivity index (χ0v) is 16.1. The maximum Gasteiger partial charge on any atom is 0.340 e. The maximum atomic E-state index is 12.4. The van der Waals surface area contributed by atoms with Gasteiger partial charge in [-0.05, 0) is 60.8 Å². The fraction of sp³-hybridized carbons (Fsp3) is 0.316. The number of hydrogen-bond acceptors (Lipinski definition) is 5. The second kappa shape index (κ2) is 6.72. The van der Waals surface area contributed by atoms with Crippen LogP contribution in [0.2, 0.25) is 0 Å². The number of rotatable bonds is 5. The van der Waals surface area contributed by atoms with Crippen LogP contribution in [0.15, 0.2) is 39.2 Å². The van der Waals surface area contributed by atoms with E-state index in [0.29, 0.717) is 17.5 Å². The quantitative estimate of drug-likeness (QED) is 0.569. The molecular weight excluding hydrogens is 398 g/mol. The van der Waals surface area contributed by atoms with Gasteiger partial charge < -0.3 is 13.7 Å². The molecule has 2 aromatic heterocycles. The van der Waals surface area contributed by atoms with Crippen LogP contribution in [0.3, 0.4) is 0 Å². The third-order valence-corrected chi connectivity index (χ3v) is 5.21. The number of hydrogen-bond donors (Lipinski definition) is 0. The van der Waals surface area contributed by atoms with Crippen molar-refractivity contribution in [3.63, 3.8) is 0 Å². The van der Waals surface area contributed by atoms with Gasteiger partial charge in [-0.2, -0.15) is 0 Å². The van der Waals surface area contributed by atoms with Gasteiger partial charge in [0, 0.05) is 21.9 Å². The van der Waals surface area contributed by atoms with E-state index in [1.807, 2.05) is 44.2 Å². The number of aryl methyl sites for hydroxylation is 1. The first-order valence-corrected chi connectivity index (χ1v) is 9.26. The molecule has 0 spiro atoms. The second-order valence-corrected chi connectivity index (χ2v) is 7.30. The minimum Gasteiger partial charge on any atom is -0.452 e. The molecular formula is C19H18BrN3O3. The Hall–Kier alpha value is -2.41. The number of aromatic nitrogens is 3. The van der Waals surface area contributed by atoms with Crippen LogP contribution in [-0.4, -0.2) is 20.7 Å². The Balaban J connectivity index is 1.46. The Labute approximate surface area is 159 Å². The van der Waals surface area contributed by atoms with Crippen molar-refractivity contribution in [1.82, 2.24) is 14.8 Å². The van der Waals surface area contributed by atoms with Gasteiger partial charge in [-0.3, -0.25) is 0 Å². The Bertz CT molecular complexity index is 972. The standard InChI is InChI=1S/C19H18BrN3O3/c1-11-9-15(12(2)23(11)13-7-8-13)19(24)25-10-17-21-22-18(26-17)14-5-3-4-6-16(14)20/h3-6,9,13H,7-8,10H2,1-2H3. The molecule has 134 valence electrons. The summed E-state index contributed by atoms with van der Waals surface area (Å²) >= 11 is 3.45. The zero-order chi connectivity index (χ0) is 18.3. The van der Waals surface area contributed by atoms with Crippen LogP contribution in [0.5, 0.6) is 0 Å². The third-order valence-electron chi connectivity index (χ3n) is 4.51. The van der Waals surface area contributed by atoms with Gasteiger partial charge in [0.2, 0.25) is 5.89 Å². The van der Waals surface area contributed by atoms with E-state index in [1.165, 1.54) is 12.8 Å². The van der Waals surface area contributed by atoms with Crippen LogP contribution in [0.1, 0.15) is 46.5 Å². The summed E-state index contributed by atoms with van der Waals surface area (Å²) in [5, 5.41) is 7.99. The average molecular weight is 416 g/mol. The molecule has 2 heterocycles. The highest BCUT2D eigenvalue weighted by Crippen LogP contribution is 2.38. The lowest BCUT2D eigenvalue weighted by Crippen LogP contribution is -2.07. The van der Waals surface area contributed by atoms with Gasteiger partial charge in [-0.25, -0.2) is 4.79 Å². The van der Waals surface area contributed by atoms with Crippen molar-refractivity contribution in [2.45, 2.75) is 39.3 Å². The molecule has 1 saturated carbocycles. The molecule has 6 nitrogen and oxygen atoms in total. The molecule has 7 heteroatoms. The van der Waals surface area contributed by atoms with Crippen LogP contribution in [0.4, 0.5) is 0 Å². The van der Waals surface area contributed by atoms with Crippen molar-refractivity contribution in [1.29, 1.82) is 0 Å². The Kier molecular flexibility index (Phi) is 4.40. The van der Waals surface area contributed by atoms with Crippen molar-refractivity contribution >= 4 is 21.9 Å². The molecule has 3 aromatic rings. The van der Waals surface area contributed by atoms with Gasteiger partial charge >= 0.3 is 5.97 Å². The highest BCUT2D eigenvalue weighted by molar-refractivity contribution is 9.10. The van der Waals surface area contributed by atoms with Crippen LogP contribution >= 0.6 is 15.9 Å². The fourth-order valence-corrected chi connectivity index (χ4v) is 3.59.